The van der Waals surface area contributed by atoms with E-state index in [2.05, 4.69) is 10.3 Å². The zero-order chi connectivity index (χ0) is 15.1. The van der Waals surface area contributed by atoms with Gasteiger partial charge in [0.2, 0.25) is 0 Å². The Hall–Kier alpha value is -2.14. The summed E-state index contributed by atoms with van der Waals surface area (Å²) >= 11 is 0. The van der Waals surface area contributed by atoms with Crippen LogP contribution in [0.1, 0.15) is 6.23 Å². The third-order valence-electron chi connectivity index (χ3n) is 3.39. The van der Waals surface area contributed by atoms with Crippen molar-refractivity contribution in [3.8, 4) is 0 Å². The molecule has 3 rings (SSSR count). The lowest BCUT2D eigenvalue weighted by molar-refractivity contribution is -0.383. The first-order valence-corrected chi connectivity index (χ1v) is 6.15. The summed E-state index contributed by atoms with van der Waals surface area (Å²) < 4.78 is 6.41. The molecule has 0 radical (unpaired) electrons. The first-order chi connectivity index (χ1) is 10.0. The fourth-order valence-electron chi connectivity index (χ4n) is 2.29. The second-order valence-electron chi connectivity index (χ2n) is 4.71. The normalized spacial score (nSPS) is 29.7. The molecule has 21 heavy (non-hydrogen) atoms. The average Bonchev–Trinajstić information content (AvgIpc) is 2.88. The Balaban J connectivity index is 2.06. The number of aliphatic hydroxyl groups is 3. The van der Waals surface area contributed by atoms with E-state index in [1.165, 1.54) is 18.2 Å². The van der Waals surface area contributed by atoms with Crippen LogP contribution in [0.4, 0.5) is 5.69 Å². The van der Waals surface area contributed by atoms with Crippen LogP contribution in [0, 0.1) is 10.1 Å². The molecule has 0 amide bonds. The van der Waals surface area contributed by atoms with E-state index in [0.717, 1.165) is 4.68 Å². The topological polar surface area (TPSA) is 144 Å². The summed E-state index contributed by atoms with van der Waals surface area (Å²) in [5.74, 6) is 0. The second kappa shape index (κ2) is 5.00. The van der Waals surface area contributed by atoms with Gasteiger partial charge in [0, 0.05) is 6.07 Å². The SMILES string of the molecule is O=[N+]([O-])c1cccc2c1nnn2[C@@H]1OC[C@@H](O)[C@@H](O)[C@@H]1O. The average molecular weight is 296 g/mol. The minimum Gasteiger partial charge on any atom is -0.388 e. The highest BCUT2D eigenvalue weighted by Gasteiger charge is 2.40. The molecule has 3 N–H and O–H groups in total. The molecule has 2 aromatic rings. The first-order valence-electron chi connectivity index (χ1n) is 6.15. The number of aromatic nitrogens is 3. The van der Waals surface area contributed by atoms with Gasteiger partial charge in [-0.05, 0) is 6.07 Å². The van der Waals surface area contributed by atoms with E-state index < -0.39 is 29.5 Å². The van der Waals surface area contributed by atoms with Crippen LogP contribution in [0.25, 0.3) is 11.0 Å². The summed E-state index contributed by atoms with van der Waals surface area (Å²) in [6.45, 7) is -0.195. The monoisotopic (exact) mass is 296 g/mol. The highest BCUT2D eigenvalue weighted by Crippen LogP contribution is 2.29. The van der Waals surface area contributed by atoms with Crippen molar-refractivity contribution in [2.24, 2.45) is 0 Å². The smallest absolute Gasteiger partial charge is 0.299 e. The Bertz CT molecular complexity index is 688. The lowest BCUT2D eigenvalue weighted by atomic mass is 10.0. The fourth-order valence-corrected chi connectivity index (χ4v) is 2.29. The molecule has 0 unspecified atom stereocenters. The Kier molecular flexibility index (Phi) is 3.29. The van der Waals surface area contributed by atoms with Crippen molar-refractivity contribution in [1.82, 2.24) is 15.0 Å². The van der Waals surface area contributed by atoms with Gasteiger partial charge < -0.3 is 20.1 Å². The van der Waals surface area contributed by atoms with Crippen LogP contribution in [0.2, 0.25) is 0 Å². The molecule has 4 atom stereocenters. The molecule has 10 heteroatoms. The summed E-state index contributed by atoms with van der Waals surface area (Å²) in [7, 11) is 0. The number of nitro benzene ring substituents is 1. The highest BCUT2D eigenvalue weighted by molar-refractivity contribution is 5.83. The van der Waals surface area contributed by atoms with E-state index in [0.29, 0.717) is 0 Å². The first kappa shape index (κ1) is 13.8. The molecule has 10 nitrogen and oxygen atoms in total. The van der Waals surface area contributed by atoms with Crippen LogP contribution in [-0.2, 0) is 4.74 Å². The molecule has 2 heterocycles. The summed E-state index contributed by atoms with van der Waals surface area (Å²) in [5, 5.41) is 47.5. The maximum atomic E-state index is 10.9. The summed E-state index contributed by atoms with van der Waals surface area (Å²) in [6.07, 6.45) is -5.13. The molecule has 1 saturated heterocycles. The van der Waals surface area contributed by atoms with Crippen LogP contribution < -0.4 is 0 Å². The minimum atomic E-state index is -1.43. The lowest BCUT2D eigenvalue weighted by Crippen LogP contribution is -2.50. The Morgan fingerprint density at radius 2 is 2.10 bits per heavy atom. The Labute approximate surface area is 117 Å². The van der Waals surface area contributed by atoms with E-state index in [4.69, 9.17) is 4.74 Å². The summed E-state index contributed by atoms with van der Waals surface area (Å²) in [4.78, 5) is 10.3. The van der Waals surface area contributed by atoms with Crippen molar-refractivity contribution >= 4 is 16.7 Å². The maximum Gasteiger partial charge on any atom is 0.299 e. The molecular weight excluding hydrogens is 284 g/mol. The number of fused-ring (bicyclic) bond motifs is 1. The molecule has 1 aliphatic heterocycles. The summed E-state index contributed by atoms with van der Waals surface area (Å²) in [6, 6.07) is 4.29. The van der Waals surface area contributed by atoms with Gasteiger partial charge in [-0.25, -0.2) is 4.68 Å². The van der Waals surface area contributed by atoms with E-state index >= 15 is 0 Å². The number of ether oxygens (including phenoxy) is 1. The molecular formula is C11H12N4O6. The van der Waals surface area contributed by atoms with Crippen LogP contribution in [-0.4, -0.2) is 60.2 Å². The lowest BCUT2D eigenvalue weighted by Gasteiger charge is -2.34. The number of rotatable bonds is 2. The molecule has 0 spiro atoms. The van der Waals surface area contributed by atoms with E-state index in [1.54, 1.807) is 0 Å². The van der Waals surface area contributed by atoms with E-state index in [9.17, 15) is 25.4 Å². The molecule has 1 aromatic carbocycles. The van der Waals surface area contributed by atoms with E-state index in [-0.39, 0.29) is 23.3 Å². The van der Waals surface area contributed by atoms with Crippen molar-refractivity contribution in [2.75, 3.05) is 6.61 Å². The summed E-state index contributed by atoms with van der Waals surface area (Å²) in [5.41, 5.74) is 0.125. The fraction of sp³-hybridized carbons (Fsp3) is 0.455. The number of non-ortho nitro benzene ring substituents is 1. The van der Waals surface area contributed by atoms with Gasteiger partial charge in [-0.2, -0.15) is 0 Å². The van der Waals surface area contributed by atoms with Crippen molar-refractivity contribution < 1.29 is 25.0 Å². The number of aliphatic hydroxyl groups excluding tert-OH is 3. The maximum absolute atomic E-state index is 10.9. The van der Waals surface area contributed by atoms with Crippen molar-refractivity contribution in [3.05, 3.63) is 28.3 Å². The molecule has 1 fully saturated rings. The number of nitrogens with zero attached hydrogens (tertiary/aromatic N) is 4. The molecule has 112 valence electrons. The van der Waals surface area contributed by atoms with E-state index in [1.807, 2.05) is 0 Å². The number of nitro groups is 1. The standard InChI is InChI=1S/C11H12N4O6/c16-7-4-21-11(10(18)9(7)17)14-5-2-1-3-6(15(19)20)8(5)12-13-14/h1-3,7,9-11,16-18H,4H2/t7-,9-,10+,11-/m1/s1. The number of hydrogen-bond donors (Lipinski definition) is 3. The molecule has 0 aliphatic carbocycles. The van der Waals surface area contributed by atoms with Gasteiger partial charge >= 0.3 is 0 Å². The van der Waals surface area contributed by atoms with Gasteiger partial charge in [0.1, 0.15) is 18.3 Å². The second-order valence-corrected chi connectivity index (χ2v) is 4.71. The predicted octanol–water partition coefficient (Wildman–Crippen LogP) is -1.05. The minimum absolute atomic E-state index is 0.0545. The molecule has 0 saturated carbocycles. The highest BCUT2D eigenvalue weighted by atomic mass is 16.6. The van der Waals surface area contributed by atoms with Gasteiger partial charge in [-0.3, -0.25) is 10.1 Å². The van der Waals surface area contributed by atoms with Crippen LogP contribution in [0.3, 0.4) is 0 Å². The van der Waals surface area contributed by atoms with Crippen LogP contribution in [0.5, 0.6) is 0 Å². The zero-order valence-corrected chi connectivity index (χ0v) is 10.6. The quantitative estimate of drug-likeness (QED) is 0.470. The van der Waals surface area contributed by atoms with Crippen molar-refractivity contribution in [1.29, 1.82) is 0 Å². The number of hydrogen-bond acceptors (Lipinski definition) is 8. The molecule has 0 bridgehead atoms. The third-order valence-corrected chi connectivity index (χ3v) is 3.39. The van der Waals surface area contributed by atoms with Gasteiger partial charge in [-0.1, -0.05) is 11.3 Å². The molecule has 1 aliphatic rings. The largest absolute Gasteiger partial charge is 0.388 e. The Morgan fingerprint density at radius 1 is 1.33 bits per heavy atom. The van der Waals surface area contributed by atoms with Crippen LogP contribution >= 0.6 is 0 Å². The predicted molar refractivity (Wildman–Crippen MR) is 67.2 cm³/mol. The zero-order valence-electron chi connectivity index (χ0n) is 10.6. The molecule has 1 aromatic heterocycles. The van der Waals surface area contributed by atoms with Gasteiger partial charge in [0.25, 0.3) is 5.69 Å². The van der Waals surface area contributed by atoms with Gasteiger partial charge in [0.15, 0.2) is 11.7 Å². The van der Waals surface area contributed by atoms with Crippen LogP contribution in [0.15, 0.2) is 18.2 Å². The third kappa shape index (κ3) is 2.14. The van der Waals surface area contributed by atoms with Gasteiger partial charge in [-0.15, -0.1) is 5.10 Å². The van der Waals surface area contributed by atoms with Gasteiger partial charge in [0.05, 0.1) is 17.0 Å². The van der Waals surface area contributed by atoms with Crippen molar-refractivity contribution in [3.63, 3.8) is 0 Å². The van der Waals surface area contributed by atoms with Crippen molar-refractivity contribution in [2.45, 2.75) is 24.5 Å². The number of benzene rings is 1. The Morgan fingerprint density at radius 3 is 2.81 bits per heavy atom.